The molecule has 1 N–H and O–H groups in total. The summed E-state index contributed by atoms with van der Waals surface area (Å²) in [4.78, 5) is 27.7. The number of nitrogens with one attached hydrogen (secondary N) is 1. The molecule has 1 aromatic heterocycles. The number of anilines is 1. The third-order valence-electron chi connectivity index (χ3n) is 4.57. The first kappa shape index (κ1) is 20.3. The summed E-state index contributed by atoms with van der Waals surface area (Å²) in [5.41, 5.74) is 2.71. The number of para-hydroxylation sites is 1. The second-order valence-corrected chi connectivity index (χ2v) is 9.15. The van der Waals surface area contributed by atoms with Crippen LogP contribution in [0.4, 0.5) is 11.4 Å². The van der Waals surface area contributed by atoms with Crippen molar-refractivity contribution in [1.82, 2.24) is 4.98 Å². The fourth-order valence-corrected chi connectivity index (χ4v) is 5.00. The van der Waals surface area contributed by atoms with Crippen molar-refractivity contribution in [3.8, 4) is 0 Å². The van der Waals surface area contributed by atoms with Crippen molar-refractivity contribution in [2.45, 2.75) is 42.7 Å². The van der Waals surface area contributed by atoms with E-state index in [-0.39, 0.29) is 16.8 Å². The van der Waals surface area contributed by atoms with Gasteiger partial charge in [0.1, 0.15) is 0 Å². The Morgan fingerprint density at radius 3 is 2.75 bits per heavy atom. The van der Waals surface area contributed by atoms with Crippen LogP contribution in [0.25, 0.3) is 10.2 Å². The van der Waals surface area contributed by atoms with Crippen LogP contribution in [0.5, 0.6) is 0 Å². The number of amides is 1. The fourth-order valence-electron chi connectivity index (χ4n) is 2.76. The van der Waals surface area contributed by atoms with Crippen LogP contribution in [-0.4, -0.2) is 21.1 Å². The highest BCUT2D eigenvalue weighted by Gasteiger charge is 2.19. The van der Waals surface area contributed by atoms with Crippen molar-refractivity contribution < 1.29 is 9.72 Å². The lowest BCUT2D eigenvalue weighted by molar-refractivity contribution is -0.384. The Kier molecular flexibility index (Phi) is 6.31. The van der Waals surface area contributed by atoms with Gasteiger partial charge in [-0.2, -0.15) is 0 Å². The first-order valence-corrected chi connectivity index (χ1v) is 10.7. The van der Waals surface area contributed by atoms with E-state index in [4.69, 9.17) is 0 Å². The number of nitro groups is 1. The fraction of sp³-hybridized carbons (Fsp3) is 0.300. The molecule has 0 saturated heterocycles. The molecule has 3 rings (SSSR count). The summed E-state index contributed by atoms with van der Waals surface area (Å²) in [6, 6.07) is 12.5. The number of thiazole rings is 1. The van der Waals surface area contributed by atoms with Crippen molar-refractivity contribution in [3.05, 3.63) is 58.1 Å². The summed E-state index contributed by atoms with van der Waals surface area (Å²) >= 11 is 2.72. The molecule has 1 heterocycles. The minimum atomic E-state index is -0.420. The molecule has 28 heavy (non-hydrogen) atoms. The van der Waals surface area contributed by atoms with E-state index in [2.05, 4.69) is 24.1 Å². The maximum Gasteiger partial charge on any atom is 0.270 e. The molecule has 0 saturated carbocycles. The van der Waals surface area contributed by atoms with Gasteiger partial charge in [-0.25, -0.2) is 4.98 Å². The molecule has 6 nitrogen and oxygen atoms in total. The maximum atomic E-state index is 12.7. The minimum Gasteiger partial charge on any atom is -0.325 e. The highest BCUT2D eigenvalue weighted by Crippen LogP contribution is 2.34. The number of nitro benzene ring substituents is 1. The zero-order valence-electron chi connectivity index (χ0n) is 15.8. The molecule has 1 amide bonds. The van der Waals surface area contributed by atoms with Crippen LogP contribution in [0.1, 0.15) is 38.7 Å². The normalized spacial score (nSPS) is 13.2. The molecule has 0 radical (unpaired) electrons. The average Bonchev–Trinajstić information content (AvgIpc) is 3.08. The number of non-ortho nitro benzene ring substituents is 1. The highest BCUT2D eigenvalue weighted by molar-refractivity contribution is 8.02. The van der Waals surface area contributed by atoms with Gasteiger partial charge in [-0.05, 0) is 37.0 Å². The van der Waals surface area contributed by atoms with E-state index >= 15 is 0 Å². The summed E-state index contributed by atoms with van der Waals surface area (Å²) in [5.74, 6) is 0.269. The summed E-state index contributed by atoms with van der Waals surface area (Å²) in [6.07, 6.45) is 0.995. The van der Waals surface area contributed by atoms with Crippen molar-refractivity contribution in [1.29, 1.82) is 0 Å². The van der Waals surface area contributed by atoms with Gasteiger partial charge in [0, 0.05) is 17.8 Å². The maximum absolute atomic E-state index is 12.7. The van der Waals surface area contributed by atoms with Gasteiger partial charge in [0.05, 0.1) is 20.4 Å². The van der Waals surface area contributed by atoms with Crippen LogP contribution in [0, 0.1) is 10.1 Å². The molecule has 0 fully saturated rings. The van der Waals surface area contributed by atoms with E-state index in [1.807, 2.05) is 31.2 Å². The van der Waals surface area contributed by atoms with Gasteiger partial charge in [-0.1, -0.05) is 43.8 Å². The molecule has 2 aromatic carbocycles. The van der Waals surface area contributed by atoms with Crippen LogP contribution in [0.3, 0.4) is 0 Å². The molecule has 146 valence electrons. The number of nitrogens with zero attached hydrogens (tertiary/aromatic N) is 2. The average molecular weight is 416 g/mol. The van der Waals surface area contributed by atoms with Crippen molar-refractivity contribution in [2.75, 3.05) is 5.32 Å². The van der Waals surface area contributed by atoms with Crippen molar-refractivity contribution in [3.63, 3.8) is 0 Å². The molecular weight excluding hydrogens is 394 g/mol. The van der Waals surface area contributed by atoms with Gasteiger partial charge in [0.2, 0.25) is 5.91 Å². The Morgan fingerprint density at radius 1 is 1.29 bits per heavy atom. The summed E-state index contributed by atoms with van der Waals surface area (Å²) in [5, 5.41) is 13.6. The van der Waals surface area contributed by atoms with E-state index in [0.29, 0.717) is 15.8 Å². The van der Waals surface area contributed by atoms with Gasteiger partial charge >= 0.3 is 0 Å². The first-order chi connectivity index (χ1) is 13.4. The van der Waals surface area contributed by atoms with Gasteiger partial charge in [-0.15, -0.1) is 11.3 Å². The Balaban J connectivity index is 1.73. The summed E-state index contributed by atoms with van der Waals surface area (Å²) < 4.78 is 1.46. The number of rotatable bonds is 7. The predicted octanol–water partition coefficient (Wildman–Crippen LogP) is 5.84. The van der Waals surface area contributed by atoms with E-state index < -0.39 is 4.92 Å². The van der Waals surface area contributed by atoms with Gasteiger partial charge in [-0.3, -0.25) is 14.9 Å². The second-order valence-electron chi connectivity index (χ2n) is 6.53. The number of benzene rings is 2. The van der Waals surface area contributed by atoms with Crippen LogP contribution >= 0.6 is 23.1 Å². The molecule has 0 unspecified atom stereocenters. The van der Waals surface area contributed by atoms with Crippen LogP contribution in [0.2, 0.25) is 0 Å². The lowest BCUT2D eigenvalue weighted by Crippen LogP contribution is -2.23. The van der Waals surface area contributed by atoms with E-state index in [1.165, 1.54) is 35.2 Å². The van der Waals surface area contributed by atoms with Crippen molar-refractivity contribution in [2.24, 2.45) is 0 Å². The Bertz CT molecular complexity index is 1020. The molecule has 0 aliphatic rings. The molecule has 3 aromatic rings. The van der Waals surface area contributed by atoms with Crippen molar-refractivity contribution >= 4 is 50.6 Å². The summed E-state index contributed by atoms with van der Waals surface area (Å²) in [7, 11) is 0. The molecule has 0 bridgehead atoms. The van der Waals surface area contributed by atoms with E-state index in [0.717, 1.165) is 22.4 Å². The standard InChI is InChI=1S/C20H21N3O3S2/c1-4-12(2)15-7-5-6-8-16(15)21-19(24)13(3)27-20-22-17-10-9-14(23(25)26)11-18(17)28-20/h5-13H,4H2,1-3H3,(H,21,24)/t12-,13+/m1/s1. The molecular formula is C20H21N3O3S2. The van der Waals surface area contributed by atoms with Crippen LogP contribution in [-0.2, 0) is 4.79 Å². The third-order valence-corrected chi connectivity index (χ3v) is 6.78. The molecule has 0 aliphatic heterocycles. The number of carbonyl (C=O) groups is 1. The predicted molar refractivity (Wildman–Crippen MR) is 115 cm³/mol. The van der Waals surface area contributed by atoms with E-state index in [9.17, 15) is 14.9 Å². The zero-order valence-corrected chi connectivity index (χ0v) is 17.5. The first-order valence-electron chi connectivity index (χ1n) is 9.00. The lowest BCUT2D eigenvalue weighted by atomic mass is 9.97. The molecule has 2 atom stereocenters. The number of hydrogen-bond donors (Lipinski definition) is 1. The number of thioether (sulfide) groups is 1. The van der Waals surface area contributed by atoms with Gasteiger partial charge in [0.25, 0.3) is 5.69 Å². The van der Waals surface area contributed by atoms with Crippen LogP contribution in [0.15, 0.2) is 46.8 Å². The number of carbonyl (C=O) groups excluding carboxylic acids is 1. The second kappa shape index (κ2) is 8.70. The summed E-state index contributed by atoms with van der Waals surface area (Å²) in [6.45, 7) is 6.10. The quantitative estimate of drug-likeness (QED) is 0.298. The van der Waals surface area contributed by atoms with Crippen LogP contribution < -0.4 is 5.32 Å². The van der Waals surface area contributed by atoms with Gasteiger partial charge < -0.3 is 5.32 Å². The monoisotopic (exact) mass is 415 g/mol. The molecule has 8 heteroatoms. The largest absolute Gasteiger partial charge is 0.325 e. The zero-order chi connectivity index (χ0) is 20.3. The Morgan fingerprint density at radius 2 is 2.04 bits per heavy atom. The lowest BCUT2D eigenvalue weighted by Gasteiger charge is -2.17. The molecule has 0 spiro atoms. The number of fused-ring (bicyclic) bond motifs is 1. The minimum absolute atomic E-state index is 0.0418. The Hall–Kier alpha value is -2.45. The Labute approximate surface area is 171 Å². The smallest absolute Gasteiger partial charge is 0.270 e. The number of aromatic nitrogens is 1. The SMILES string of the molecule is CC[C@@H](C)c1ccccc1NC(=O)[C@H](C)Sc1nc2ccc([N+](=O)[O-])cc2s1. The highest BCUT2D eigenvalue weighted by atomic mass is 32.2. The third kappa shape index (κ3) is 4.51. The topological polar surface area (TPSA) is 85.1 Å². The number of hydrogen-bond acceptors (Lipinski definition) is 6. The molecule has 0 aliphatic carbocycles. The van der Waals surface area contributed by atoms with E-state index in [1.54, 1.807) is 6.07 Å². The van der Waals surface area contributed by atoms with Gasteiger partial charge in [0.15, 0.2) is 4.34 Å².